The Balaban J connectivity index is 1.39. The SMILES string of the molecule is c1ccc(-c2ccc(N(c3ccccc3)c3ccccc3-c3cc4ccccc4c4cccc(-c5ccccc5)c34)cc2)cc1. The number of hydrogen-bond acceptors (Lipinski definition) is 1. The minimum atomic E-state index is 1.11. The van der Waals surface area contributed by atoms with Crippen molar-refractivity contribution in [3.05, 3.63) is 188 Å². The molecule has 0 unspecified atom stereocenters. The Morgan fingerprint density at radius 3 is 1.60 bits per heavy atom. The first-order chi connectivity index (χ1) is 22.3. The van der Waals surface area contributed by atoms with E-state index in [0.29, 0.717) is 0 Å². The lowest BCUT2D eigenvalue weighted by atomic mass is 9.87. The third-order valence-corrected chi connectivity index (χ3v) is 8.65. The maximum absolute atomic E-state index is 2.39. The van der Waals surface area contributed by atoms with E-state index in [-0.39, 0.29) is 0 Å². The molecule has 0 heterocycles. The quantitative estimate of drug-likeness (QED) is 0.179. The average Bonchev–Trinajstić information content (AvgIpc) is 3.13. The molecule has 0 spiro atoms. The predicted octanol–water partition coefficient (Wildman–Crippen LogP) is 12.5. The molecule has 0 aliphatic carbocycles. The van der Waals surface area contributed by atoms with E-state index in [2.05, 4.69) is 193 Å². The van der Waals surface area contributed by atoms with Gasteiger partial charge in [-0.2, -0.15) is 0 Å². The second-order valence-electron chi connectivity index (χ2n) is 11.3. The maximum Gasteiger partial charge on any atom is 0.0540 e. The van der Waals surface area contributed by atoms with Crippen LogP contribution in [0.3, 0.4) is 0 Å². The van der Waals surface area contributed by atoms with Gasteiger partial charge < -0.3 is 4.90 Å². The van der Waals surface area contributed by atoms with Gasteiger partial charge in [0.2, 0.25) is 0 Å². The third kappa shape index (κ3) is 4.95. The molecule has 0 radical (unpaired) electrons. The van der Waals surface area contributed by atoms with Crippen LogP contribution in [0.1, 0.15) is 0 Å². The molecule has 0 bridgehead atoms. The van der Waals surface area contributed by atoms with Crippen molar-refractivity contribution in [2.75, 3.05) is 4.90 Å². The highest BCUT2D eigenvalue weighted by Gasteiger charge is 2.20. The molecule has 0 aromatic heterocycles. The van der Waals surface area contributed by atoms with Crippen molar-refractivity contribution in [3.63, 3.8) is 0 Å². The molecule has 212 valence electrons. The summed E-state index contributed by atoms with van der Waals surface area (Å²) in [6, 6.07) is 67.6. The van der Waals surface area contributed by atoms with E-state index in [1.807, 2.05) is 0 Å². The van der Waals surface area contributed by atoms with Crippen LogP contribution in [0, 0.1) is 0 Å². The van der Waals surface area contributed by atoms with Crippen LogP contribution in [-0.2, 0) is 0 Å². The minimum absolute atomic E-state index is 1.11. The van der Waals surface area contributed by atoms with Crippen LogP contribution in [0.5, 0.6) is 0 Å². The topological polar surface area (TPSA) is 3.24 Å². The van der Waals surface area contributed by atoms with Crippen molar-refractivity contribution in [2.24, 2.45) is 0 Å². The Bertz CT molecular complexity index is 2240. The standard InChI is InChI=1S/C44H31N/c1-4-15-32(16-5-1)33-27-29-37(30-28-33)45(36-20-8-3-9-21-36)43-26-13-12-23-40(43)42-31-35-19-10-11-22-38(35)41-25-14-24-39(44(41)42)34-17-6-2-7-18-34/h1-31H. The minimum Gasteiger partial charge on any atom is -0.310 e. The fourth-order valence-corrected chi connectivity index (χ4v) is 6.57. The van der Waals surface area contributed by atoms with Gasteiger partial charge in [-0.05, 0) is 85.8 Å². The van der Waals surface area contributed by atoms with Gasteiger partial charge in [0.05, 0.1) is 5.69 Å². The van der Waals surface area contributed by atoms with Gasteiger partial charge in [-0.1, -0.05) is 152 Å². The number of nitrogens with zero attached hydrogens (tertiary/aromatic N) is 1. The first-order valence-corrected chi connectivity index (χ1v) is 15.5. The Morgan fingerprint density at radius 1 is 0.311 bits per heavy atom. The summed E-state index contributed by atoms with van der Waals surface area (Å²) in [6.07, 6.45) is 0. The fourth-order valence-electron chi connectivity index (χ4n) is 6.57. The van der Waals surface area contributed by atoms with Crippen molar-refractivity contribution in [2.45, 2.75) is 0 Å². The zero-order valence-corrected chi connectivity index (χ0v) is 24.8. The van der Waals surface area contributed by atoms with Gasteiger partial charge in [0.1, 0.15) is 0 Å². The van der Waals surface area contributed by atoms with Gasteiger partial charge in [0.15, 0.2) is 0 Å². The van der Waals surface area contributed by atoms with Gasteiger partial charge in [-0.15, -0.1) is 0 Å². The van der Waals surface area contributed by atoms with Crippen LogP contribution in [-0.4, -0.2) is 0 Å². The lowest BCUT2D eigenvalue weighted by molar-refractivity contribution is 1.28. The van der Waals surface area contributed by atoms with Gasteiger partial charge in [-0.3, -0.25) is 0 Å². The van der Waals surface area contributed by atoms with Crippen molar-refractivity contribution >= 4 is 38.6 Å². The van der Waals surface area contributed by atoms with Crippen LogP contribution in [0.4, 0.5) is 17.1 Å². The van der Waals surface area contributed by atoms with E-state index < -0.39 is 0 Å². The summed E-state index contributed by atoms with van der Waals surface area (Å²) in [5, 5.41) is 5.03. The molecule has 0 aliphatic heterocycles. The van der Waals surface area contributed by atoms with Crippen LogP contribution in [0.15, 0.2) is 188 Å². The summed E-state index contributed by atoms with van der Waals surface area (Å²) >= 11 is 0. The molecule has 45 heavy (non-hydrogen) atoms. The predicted molar refractivity (Wildman–Crippen MR) is 192 cm³/mol. The molecule has 8 aromatic carbocycles. The molecule has 1 nitrogen and oxygen atoms in total. The Hall–Kier alpha value is -5.92. The molecule has 8 aromatic rings. The van der Waals surface area contributed by atoms with E-state index in [0.717, 1.165) is 17.1 Å². The van der Waals surface area contributed by atoms with Crippen molar-refractivity contribution in [1.82, 2.24) is 0 Å². The van der Waals surface area contributed by atoms with Crippen molar-refractivity contribution < 1.29 is 0 Å². The lowest BCUT2D eigenvalue weighted by Crippen LogP contribution is -2.11. The summed E-state index contributed by atoms with van der Waals surface area (Å²) < 4.78 is 0. The third-order valence-electron chi connectivity index (χ3n) is 8.65. The highest BCUT2D eigenvalue weighted by Crippen LogP contribution is 2.46. The fraction of sp³-hybridized carbons (Fsp3) is 0. The molecule has 0 atom stereocenters. The second kappa shape index (κ2) is 11.6. The molecule has 0 aliphatic rings. The van der Waals surface area contributed by atoms with E-state index in [1.165, 1.54) is 54.9 Å². The molecular formula is C44H31N. The highest BCUT2D eigenvalue weighted by molar-refractivity contribution is 6.19. The number of anilines is 3. The number of benzene rings is 8. The highest BCUT2D eigenvalue weighted by atomic mass is 15.1. The largest absolute Gasteiger partial charge is 0.310 e. The van der Waals surface area contributed by atoms with E-state index in [1.54, 1.807) is 0 Å². The van der Waals surface area contributed by atoms with Crippen LogP contribution >= 0.6 is 0 Å². The zero-order chi connectivity index (χ0) is 30.0. The summed E-state index contributed by atoms with van der Waals surface area (Å²) in [4.78, 5) is 2.39. The van der Waals surface area contributed by atoms with Gasteiger partial charge in [0.25, 0.3) is 0 Å². The summed E-state index contributed by atoms with van der Waals surface area (Å²) in [5.41, 5.74) is 10.6. The molecule has 1 heteroatoms. The Kier molecular flexibility index (Phi) is 6.90. The zero-order valence-electron chi connectivity index (χ0n) is 24.8. The molecule has 0 fully saturated rings. The molecule has 0 saturated carbocycles. The monoisotopic (exact) mass is 573 g/mol. The first-order valence-electron chi connectivity index (χ1n) is 15.5. The summed E-state index contributed by atoms with van der Waals surface area (Å²) in [7, 11) is 0. The Morgan fingerprint density at radius 2 is 0.844 bits per heavy atom. The summed E-state index contributed by atoms with van der Waals surface area (Å²) in [6.45, 7) is 0. The van der Waals surface area contributed by atoms with Crippen LogP contribution < -0.4 is 4.90 Å². The Labute approximate surface area is 264 Å². The van der Waals surface area contributed by atoms with E-state index >= 15 is 0 Å². The molecule has 0 amide bonds. The van der Waals surface area contributed by atoms with Crippen molar-refractivity contribution in [3.8, 4) is 33.4 Å². The maximum atomic E-state index is 2.39. The van der Waals surface area contributed by atoms with Gasteiger partial charge in [0, 0.05) is 16.9 Å². The van der Waals surface area contributed by atoms with Gasteiger partial charge in [-0.25, -0.2) is 0 Å². The van der Waals surface area contributed by atoms with E-state index in [9.17, 15) is 0 Å². The van der Waals surface area contributed by atoms with Crippen molar-refractivity contribution in [1.29, 1.82) is 0 Å². The number of hydrogen-bond donors (Lipinski definition) is 0. The first kappa shape index (κ1) is 26.7. The summed E-state index contributed by atoms with van der Waals surface area (Å²) in [5.74, 6) is 0. The number of rotatable bonds is 6. The van der Waals surface area contributed by atoms with E-state index in [4.69, 9.17) is 0 Å². The lowest BCUT2D eigenvalue weighted by Gasteiger charge is -2.28. The number of fused-ring (bicyclic) bond motifs is 3. The normalized spacial score (nSPS) is 11.1. The molecule has 0 saturated heterocycles. The number of para-hydroxylation sites is 2. The molecular weight excluding hydrogens is 542 g/mol. The van der Waals surface area contributed by atoms with Crippen LogP contribution in [0.2, 0.25) is 0 Å². The average molecular weight is 574 g/mol. The molecule has 0 N–H and O–H groups in total. The molecule has 8 rings (SSSR count). The van der Waals surface area contributed by atoms with Gasteiger partial charge >= 0.3 is 0 Å². The smallest absolute Gasteiger partial charge is 0.0540 e. The van der Waals surface area contributed by atoms with Crippen LogP contribution in [0.25, 0.3) is 54.9 Å². The second-order valence-corrected chi connectivity index (χ2v) is 11.3.